The molecule has 0 aliphatic rings. The molecule has 2 aromatic carbocycles. The highest BCUT2D eigenvalue weighted by Crippen LogP contribution is 2.29. The minimum Gasteiger partial charge on any atom is -0.347 e. The van der Waals surface area contributed by atoms with Crippen LogP contribution in [0.1, 0.15) is 49.4 Å². The minimum atomic E-state index is -3.71. The number of nitrogens with zero attached hydrogens (tertiary/aromatic N) is 1. The van der Waals surface area contributed by atoms with Gasteiger partial charge in [-0.3, -0.25) is 9.10 Å². The van der Waals surface area contributed by atoms with Gasteiger partial charge in [0.05, 0.1) is 18.0 Å². The van der Waals surface area contributed by atoms with E-state index >= 15 is 0 Å². The van der Waals surface area contributed by atoms with E-state index in [4.69, 9.17) is 11.6 Å². The third-order valence-electron chi connectivity index (χ3n) is 4.94. The van der Waals surface area contributed by atoms with E-state index in [1.807, 2.05) is 38.1 Å². The molecule has 1 N–H and O–H groups in total. The first-order valence-electron chi connectivity index (χ1n) is 9.71. The number of nitrogens with one attached hydrogen (secondary N) is 1. The second-order valence-electron chi connectivity index (χ2n) is 7.29. The molecule has 7 heteroatoms. The summed E-state index contributed by atoms with van der Waals surface area (Å²) in [4.78, 5) is 13.2. The molecule has 0 saturated heterocycles. The minimum absolute atomic E-state index is 0.195. The van der Waals surface area contributed by atoms with Gasteiger partial charge in [0.1, 0.15) is 6.04 Å². The van der Waals surface area contributed by atoms with Crippen LogP contribution >= 0.6 is 11.6 Å². The Labute approximate surface area is 179 Å². The van der Waals surface area contributed by atoms with Crippen molar-refractivity contribution in [1.82, 2.24) is 5.32 Å². The number of carbonyl (C=O) groups excluding carboxylic acids is 1. The van der Waals surface area contributed by atoms with Crippen LogP contribution in [0.15, 0.2) is 42.5 Å². The van der Waals surface area contributed by atoms with Crippen molar-refractivity contribution in [3.05, 3.63) is 64.2 Å². The Morgan fingerprint density at radius 3 is 2.21 bits per heavy atom. The van der Waals surface area contributed by atoms with E-state index in [0.717, 1.165) is 22.9 Å². The van der Waals surface area contributed by atoms with Crippen molar-refractivity contribution < 1.29 is 13.2 Å². The molecule has 0 aromatic heterocycles. The van der Waals surface area contributed by atoms with Crippen LogP contribution in [0.5, 0.6) is 0 Å². The monoisotopic (exact) mass is 436 g/mol. The van der Waals surface area contributed by atoms with E-state index < -0.39 is 16.1 Å². The lowest BCUT2D eigenvalue weighted by molar-refractivity contribution is -0.123. The average molecular weight is 437 g/mol. The summed E-state index contributed by atoms with van der Waals surface area (Å²) >= 11 is 6.12. The van der Waals surface area contributed by atoms with Crippen LogP contribution in [0.4, 0.5) is 5.69 Å². The normalized spacial score (nSPS) is 13.6. The molecule has 1 amide bonds. The van der Waals surface area contributed by atoms with Crippen LogP contribution in [0.25, 0.3) is 0 Å². The highest BCUT2D eigenvalue weighted by atomic mass is 35.5. The first-order chi connectivity index (χ1) is 13.6. The molecule has 0 spiro atoms. The van der Waals surface area contributed by atoms with Crippen molar-refractivity contribution in [2.24, 2.45) is 0 Å². The zero-order valence-electron chi connectivity index (χ0n) is 17.6. The number of halogens is 1. The molecular weight excluding hydrogens is 408 g/mol. The van der Waals surface area contributed by atoms with Crippen molar-refractivity contribution in [2.75, 3.05) is 10.6 Å². The summed E-state index contributed by atoms with van der Waals surface area (Å²) in [7, 11) is -3.71. The maximum Gasteiger partial charge on any atom is 0.244 e. The number of hydrogen-bond donors (Lipinski definition) is 1. The van der Waals surface area contributed by atoms with Crippen LogP contribution in [0, 0.1) is 13.8 Å². The predicted molar refractivity (Wildman–Crippen MR) is 120 cm³/mol. The smallest absolute Gasteiger partial charge is 0.244 e. The molecule has 0 fully saturated rings. The SMILES string of the molecule is CC[C@@H](NC(=O)[C@H](CC)N(c1cc(Cl)ccc1C)S(C)(=O)=O)c1ccc(C)cc1. The Morgan fingerprint density at radius 2 is 1.69 bits per heavy atom. The summed E-state index contributed by atoms with van der Waals surface area (Å²) < 4.78 is 26.5. The molecule has 0 heterocycles. The van der Waals surface area contributed by atoms with Crippen molar-refractivity contribution in [3.63, 3.8) is 0 Å². The van der Waals surface area contributed by atoms with E-state index in [2.05, 4.69) is 5.32 Å². The largest absolute Gasteiger partial charge is 0.347 e. The molecule has 0 radical (unpaired) electrons. The van der Waals surface area contributed by atoms with Gasteiger partial charge in [0, 0.05) is 5.02 Å². The topological polar surface area (TPSA) is 66.5 Å². The fraction of sp³-hybridized carbons (Fsp3) is 0.409. The molecule has 2 rings (SSSR count). The van der Waals surface area contributed by atoms with Gasteiger partial charge in [0.25, 0.3) is 0 Å². The van der Waals surface area contributed by atoms with Crippen molar-refractivity contribution in [3.8, 4) is 0 Å². The van der Waals surface area contributed by atoms with Crippen LogP contribution < -0.4 is 9.62 Å². The molecule has 2 atom stereocenters. The van der Waals surface area contributed by atoms with Gasteiger partial charge in [-0.15, -0.1) is 0 Å². The fourth-order valence-electron chi connectivity index (χ4n) is 3.34. The Bertz CT molecular complexity index is 959. The zero-order chi connectivity index (χ0) is 21.8. The second-order valence-corrected chi connectivity index (χ2v) is 9.59. The lowest BCUT2D eigenvalue weighted by Gasteiger charge is -2.32. The summed E-state index contributed by atoms with van der Waals surface area (Å²) in [5.41, 5.74) is 3.29. The van der Waals surface area contributed by atoms with Gasteiger partial charge in [0.15, 0.2) is 0 Å². The van der Waals surface area contributed by atoms with E-state index in [9.17, 15) is 13.2 Å². The number of amides is 1. The molecule has 0 saturated carbocycles. The number of sulfonamides is 1. The number of hydrogen-bond acceptors (Lipinski definition) is 3. The summed E-state index contributed by atoms with van der Waals surface area (Å²) in [6.45, 7) is 7.60. The highest BCUT2D eigenvalue weighted by Gasteiger charge is 2.33. The first-order valence-corrected chi connectivity index (χ1v) is 11.9. The molecule has 0 bridgehead atoms. The predicted octanol–water partition coefficient (Wildman–Crippen LogP) is 4.77. The van der Waals surface area contributed by atoms with Gasteiger partial charge in [-0.1, -0.05) is 61.3 Å². The number of rotatable bonds is 8. The van der Waals surface area contributed by atoms with Gasteiger partial charge >= 0.3 is 0 Å². The van der Waals surface area contributed by atoms with Crippen molar-refractivity contribution in [2.45, 2.75) is 52.6 Å². The van der Waals surface area contributed by atoms with Gasteiger partial charge in [0.2, 0.25) is 15.9 Å². The van der Waals surface area contributed by atoms with Crippen molar-refractivity contribution in [1.29, 1.82) is 0 Å². The van der Waals surface area contributed by atoms with Crippen LogP contribution in [0.3, 0.4) is 0 Å². The van der Waals surface area contributed by atoms with Gasteiger partial charge < -0.3 is 5.32 Å². The lowest BCUT2D eigenvalue weighted by Crippen LogP contribution is -2.50. The quantitative estimate of drug-likeness (QED) is 0.648. The second kappa shape index (κ2) is 9.63. The van der Waals surface area contributed by atoms with Gasteiger partial charge in [-0.2, -0.15) is 0 Å². The maximum atomic E-state index is 13.2. The van der Waals surface area contributed by atoms with E-state index in [1.165, 1.54) is 4.31 Å². The molecule has 0 aliphatic heterocycles. The Balaban J connectivity index is 2.40. The molecule has 158 valence electrons. The zero-order valence-corrected chi connectivity index (χ0v) is 19.1. The average Bonchev–Trinajstić information content (AvgIpc) is 2.66. The van der Waals surface area contributed by atoms with E-state index in [0.29, 0.717) is 23.6 Å². The van der Waals surface area contributed by atoms with Crippen LogP contribution in [-0.2, 0) is 14.8 Å². The maximum absolute atomic E-state index is 13.2. The number of carbonyl (C=O) groups is 1. The lowest BCUT2D eigenvalue weighted by atomic mass is 10.0. The summed E-state index contributed by atoms with van der Waals surface area (Å²) in [5, 5.41) is 3.45. The summed E-state index contributed by atoms with van der Waals surface area (Å²) in [5.74, 6) is -0.329. The molecule has 29 heavy (non-hydrogen) atoms. The standard InChI is InChI=1S/C22H29ClN2O3S/c1-6-19(17-11-8-15(3)9-12-17)24-22(26)20(7-2)25(29(5,27)28)21-14-18(23)13-10-16(21)4/h8-14,19-20H,6-7H2,1-5H3,(H,24,26)/t19-,20+/m1/s1. The Morgan fingerprint density at radius 1 is 1.07 bits per heavy atom. The number of benzene rings is 2. The number of anilines is 1. The third kappa shape index (κ3) is 5.73. The fourth-order valence-corrected chi connectivity index (χ4v) is 4.77. The Kier molecular flexibility index (Phi) is 7.72. The highest BCUT2D eigenvalue weighted by molar-refractivity contribution is 7.92. The Hall–Kier alpha value is -2.05. The molecule has 2 aromatic rings. The van der Waals surface area contributed by atoms with Gasteiger partial charge in [-0.05, 0) is 49.9 Å². The number of aryl methyl sites for hydroxylation is 2. The van der Waals surface area contributed by atoms with Gasteiger partial charge in [-0.25, -0.2) is 8.42 Å². The summed E-state index contributed by atoms with van der Waals surface area (Å²) in [6.07, 6.45) is 2.13. The first kappa shape index (κ1) is 23.2. The van der Waals surface area contributed by atoms with E-state index in [1.54, 1.807) is 32.0 Å². The van der Waals surface area contributed by atoms with Crippen LogP contribution in [0.2, 0.25) is 5.02 Å². The molecular formula is C22H29ClN2O3S. The summed E-state index contributed by atoms with van der Waals surface area (Å²) in [6, 6.07) is 11.9. The van der Waals surface area contributed by atoms with E-state index in [-0.39, 0.29) is 11.9 Å². The molecule has 5 nitrogen and oxygen atoms in total. The molecule has 0 unspecified atom stereocenters. The molecule has 0 aliphatic carbocycles. The third-order valence-corrected chi connectivity index (χ3v) is 6.34. The van der Waals surface area contributed by atoms with Crippen molar-refractivity contribution >= 4 is 33.2 Å². The van der Waals surface area contributed by atoms with Crippen LogP contribution in [-0.4, -0.2) is 26.6 Å².